The molecule has 1 saturated carbocycles. The third-order valence-corrected chi connectivity index (χ3v) is 6.94. The van der Waals surface area contributed by atoms with Crippen molar-refractivity contribution in [1.29, 1.82) is 0 Å². The topological polar surface area (TPSA) is 15.3 Å². The molecule has 0 saturated heterocycles. The van der Waals surface area contributed by atoms with E-state index in [1.807, 2.05) is 0 Å². The lowest BCUT2D eigenvalue weighted by Gasteiger charge is -2.42. The van der Waals surface area contributed by atoms with E-state index in [9.17, 15) is 0 Å². The van der Waals surface area contributed by atoms with Gasteiger partial charge in [0.05, 0.1) is 6.04 Å². The average Bonchev–Trinajstić information content (AvgIpc) is 3.22. The number of anilines is 2. The first-order valence-electron chi connectivity index (χ1n) is 9.96. The monoisotopic (exact) mass is 340 g/mol. The number of para-hydroxylation sites is 2. The molecule has 2 nitrogen and oxygen atoms in total. The van der Waals surface area contributed by atoms with Crippen LogP contribution in [0.4, 0.5) is 11.4 Å². The predicted molar refractivity (Wildman–Crippen MR) is 108 cm³/mol. The summed E-state index contributed by atoms with van der Waals surface area (Å²) in [4.78, 5) is 2.75. The fourth-order valence-electron chi connectivity index (χ4n) is 5.89. The highest BCUT2D eigenvalue weighted by Crippen LogP contribution is 2.55. The molecule has 2 heterocycles. The van der Waals surface area contributed by atoms with Crippen molar-refractivity contribution in [3.8, 4) is 0 Å². The largest absolute Gasteiger partial charge is 0.381 e. The van der Waals surface area contributed by atoms with Crippen LogP contribution in [0.3, 0.4) is 0 Å². The summed E-state index contributed by atoms with van der Waals surface area (Å²) in [6.45, 7) is 0. The first-order valence-corrected chi connectivity index (χ1v) is 9.96. The van der Waals surface area contributed by atoms with Crippen LogP contribution in [0.1, 0.15) is 42.2 Å². The second-order valence-electron chi connectivity index (χ2n) is 8.17. The minimum atomic E-state index is 0.498. The van der Waals surface area contributed by atoms with E-state index in [0.29, 0.717) is 30.0 Å². The van der Waals surface area contributed by atoms with Crippen LogP contribution < -0.4 is 10.2 Å². The fraction of sp³-hybridized carbons (Fsp3) is 0.333. The van der Waals surface area contributed by atoms with E-state index in [0.717, 1.165) is 6.42 Å². The van der Waals surface area contributed by atoms with Crippen LogP contribution >= 0.6 is 0 Å². The van der Waals surface area contributed by atoms with Crippen molar-refractivity contribution in [1.82, 2.24) is 0 Å². The number of allylic oxidation sites excluding steroid dienone is 2. The Morgan fingerprint density at radius 2 is 1.69 bits per heavy atom. The molecule has 1 N–H and O–H groups in total. The summed E-state index contributed by atoms with van der Waals surface area (Å²) in [6.07, 6.45) is 12.7. The van der Waals surface area contributed by atoms with Crippen molar-refractivity contribution in [2.24, 2.45) is 0 Å². The van der Waals surface area contributed by atoms with E-state index in [2.05, 4.69) is 83.1 Å². The van der Waals surface area contributed by atoms with Crippen LogP contribution in [0.15, 0.2) is 72.8 Å². The molecule has 0 amide bonds. The molecule has 0 radical (unpaired) electrons. The summed E-state index contributed by atoms with van der Waals surface area (Å²) < 4.78 is 0. The normalized spacial score (nSPS) is 33.2. The van der Waals surface area contributed by atoms with E-state index in [4.69, 9.17) is 0 Å². The molecule has 4 aliphatic rings. The molecule has 5 atom stereocenters. The van der Waals surface area contributed by atoms with Crippen LogP contribution in [-0.2, 0) is 0 Å². The van der Waals surface area contributed by atoms with Gasteiger partial charge in [0.25, 0.3) is 0 Å². The molecule has 2 heteroatoms. The standard InChI is InChI=1S/C24H24N2/c1-2-8-16(9-3-1)26-23-13-7-5-11-18(23)20-14-22-19(15-24(20)26)17-10-4-6-12-21(17)25-22/h1-8,10-13,16,19-20,22,24-25H,9,14-15H2. The Bertz CT molecular complexity index is 912. The third-order valence-electron chi connectivity index (χ3n) is 6.94. The predicted octanol–water partition coefficient (Wildman–Crippen LogP) is 5.22. The number of benzene rings is 2. The highest BCUT2D eigenvalue weighted by Gasteiger charge is 2.49. The van der Waals surface area contributed by atoms with Gasteiger partial charge in [-0.15, -0.1) is 0 Å². The summed E-state index contributed by atoms with van der Waals surface area (Å²) in [6, 6.07) is 19.8. The molecule has 6 rings (SSSR count). The summed E-state index contributed by atoms with van der Waals surface area (Å²) in [5.41, 5.74) is 5.94. The van der Waals surface area contributed by atoms with Gasteiger partial charge >= 0.3 is 0 Å². The summed E-state index contributed by atoms with van der Waals surface area (Å²) in [5.74, 6) is 1.29. The van der Waals surface area contributed by atoms with Crippen LogP contribution in [0.2, 0.25) is 0 Å². The molecule has 2 aromatic rings. The van der Waals surface area contributed by atoms with Crippen molar-refractivity contribution in [2.45, 2.75) is 49.2 Å². The van der Waals surface area contributed by atoms with Gasteiger partial charge in [0, 0.05) is 35.3 Å². The van der Waals surface area contributed by atoms with Gasteiger partial charge in [-0.1, -0.05) is 60.7 Å². The molecule has 2 aliphatic carbocycles. The van der Waals surface area contributed by atoms with Crippen molar-refractivity contribution in [3.05, 3.63) is 84.0 Å². The lowest BCUT2D eigenvalue weighted by atomic mass is 9.73. The van der Waals surface area contributed by atoms with Crippen molar-refractivity contribution >= 4 is 11.4 Å². The zero-order valence-electron chi connectivity index (χ0n) is 14.9. The number of hydrogen-bond acceptors (Lipinski definition) is 2. The Morgan fingerprint density at radius 3 is 2.58 bits per heavy atom. The minimum Gasteiger partial charge on any atom is -0.381 e. The Balaban J connectivity index is 1.42. The number of hydrogen-bond donors (Lipinski definition) is 1. The van der Waals surface area contributed by atoms with Crippen molar-refractivity contribution in [3.63, 3.8) is 0 Å². The minimum absolute atomic E-state index is 0.498. The van der Waals surface area contributed by atoms with Crippen LogP contribution in [-0.4, -0.2) is 18.1 Å². The Kier molecular flexibility index (Phi) is 3.11. The van der Waals surface area contributed by atoms with Gasteiger partial charge in [-0.2, -0.15) is 0 Å². The van der Waals surface area contributed by atoms with Crippen LogP contribution in [0, 0.1) is 0 Å². The molecule has 0 bridgehead atoms. The van der Waals surface area contributed by atoms with Gasteiger partial charge in [-0.25, -0.2) is 0 Å². The average molecular weight is 340 g/mol. The van der Waals surface area contributed by atoms with E-state index in [-0.39, 0.29) is 0 Å². The zero-order chi connectivity index (χ0) is 17.1. The quantitative estimate of drug-likeness (QED) is 0.766. The molecular formula is C24H24N2. The highest BCUT2D eigenvalue weighted by atomic mass is 15.2. The second-order valence-corrected chi connectivity index (χ2v) is 8.17. The maximum absolute atomic E-state index is 3.83. The van der Waals surface area contributed by atoms with Crippen LogP contribution in [0.5, 0.6) is 0 Å². The second kappa shape index (κ2) is 5.51. The van der Waals surface area contributed by atoms with Crippen LogP contribution in [0.25, 0.3) is 0 Å². The lowest BCUT2D eigenvalue weighted by molar-refractivity contribution is 0.328. The number of rotatable bonds is 1. The van der Waals surface area contributed by atoms with Crippen molar-refractivity contribution < 1.29 is 0 Å². The zero-order valence-corrected chi connectivity index (χ0v) is 14.9. The molecule has 2 aromatic carbocycles. The summed E-state index contributed by atoms with van der Waals surface area (Å²) in [5, 5.41) is 3.83. The van der Waals surface area contributed by atoms with Gasteiger partial charge < -0.3 is 10.2 Å². The first kappa shape index (κ1) is 14.7. The van der Waals surface area contributed by atoms with E-state index >= 15 is 0 Å². The number of nitrogens with one attached hydrogen (secondary N) is 1. The Morgan fingerprint density at radius 1 is 0.846 bits per heavy atom. The molecule has 0 aromatic heterocycles. The molecule has 5 unspecified atom stereocenters. The highest BCUT2D eigenvalue weighted by molar-refractivity contribution is 5.66. The summed E-state index contributed by atoms with van der Waals surface area (Å²) in [7, 11) is 0. The first-order chi connectivity index (χ1) is 12.9. The molecule has 2 aliphatic heterocycles. The van der Waals surface area contributed by atoms with E-state index in [1.54, 1.807) is 5.56 Å². The van der Waals surface area contributed by atoms with Gasteiger partial charge in [0.2, 0.25) is 0 Å². The molecule has 26 heavy (non-hydrogen) atoms. The molecule has 1 fully saturated rings. The fourth-order valence-corrected chi connectivity index (χ4v) is 5.89. The Hall–Kier alpha value is -2.48. The molecular weight excluding hydrogens is 316 g/mol. The van der Waals surface area contributed by atoms with E-state index < -0.39 is 0 Å². The molecule has 130 valence electrons. The van der Waals surface area contributed by atoms with Gasteiger partial charge in [-0.05, 0) is 42.5 Å². The third kappa shape index (κ3) is 1.99. The smallest absolute Gasteiger partial charge is 0.0514 e. The molecule has 0 spiro atoms. The maximum atomic E-state index is 3.83. The SMILES string of the molecule is C1=CCC(N2c3ccccc3C3CC4Nc5ccccc5C4CC32)C=C1. The number of fused-ring (bicyclic) bond motifs is 6. The Labute approximate surface area is 155 Å². The number of nitrogens with zero attached hydrogens (tertiary/aromatic N) is 1. The van der Waals surface area contributed by atoms with Gasteiger partial charge in [-0.3, -0.25) is 0 Å². The van der Waals surface area contributed by atoms with Gasteiger partial charge in [0.1, 0.15) is 0 Å². The van der Waals surface area contributed by atoms with Gasteiger partial charge in [0.15, 0.2) is 0 Å². The summed E-state index contributed by atoms with van der Waals surface area (Å²) >= 11 is 0. The van der Waals surface area contributed by atoms with Crippen molar-refractivity contribution in [2.75, 3.05) is 10.2 Å². The van der Waals surface area contributed by atoms with E-state index in [1.165, 1.54) is 29.8 Å². The maximum Gasteiger partial charge on any atom is 0.0514 e. The lowest BCUT2D eigenvalue weighted by Crippen LogP contribution is -2.46.